The van der Waals surface area contributed by atoms with Crippen LogP contribution in [0.5, 0.6) is 0 Å². The summed E-state index contributed by atoms with van der Waals surface area (Å²) in [5, 5.41) is 0. The molecular weight excluding hydrogens is 338 g/mol. The third-order valence-corrected chi connectivity index (χ3v) is 5.32. The Morgan fingerprint density at radius 1 is 0.889 bits per heavy atom. The lowest BCUT2D eigenvalue weighted by Crippen LogP contribution is -2.37. The normalized spacial score (nSPS) is 15.1. The summed E-state index contributed by atoms with van der Waals surface area (Å²) in [7, 11) is 0. The van der Waals surface area contributed by atoms with Crippen LogP contribution in [0.2, 0.25) is 0 Å². The number of amides is 2. The SMILES string of the molecule is Cc1cc(C(=O)N2CCCN(C(=O)c3ccccc3)CC2)c(C)n1C(C)C. The monoisotopic (exact) mass is 367 g/mol. The molecule has 1 aromatic heterocycles. The molecule has 1 aliphatic heterocycles. The Balaban J connectivity index is 1.72. The van der Waals surface area contributed by atoms with Crippen LogP contribution >= 0.6 is 0 Å². The highest BCUT2D eigenvalue weighted by atomic mass is 16.2. The minimum Gasteiger partial charge on any atom is -0.346 e. The van der Waals surface area contributed by atoms with Gasteiger partial charge in [0.1, 0.15) is 0 Å². The van der Waals surface area contributed by atoms with Gasteiger partial charge in [-0.15, -0.1) is 0 Å². The summed E-state index contributed by atoms with van der Waals surface area (Å²) < 4.78 is 2.20. The predicted molar refractivity (Wildman–Crippen MR) is 107 cm³/mol. The summed E-state index contributed by atoms with van der Waals surface area (Å²) in [6, 6.07) is 11.7. The second-order valence-electron chi connectivity index (χ2n) is 7.55. The minimum atomic E-state index is 0.0443. The molecule has 2 heterocycles. The summed E-state index contributed by atoms with van der Waals surface area (Å²) in [6.45, 7) is 10.8. The first-order valence-corrected chi connectivity index (χ1v) is 9.72. The highest BCUT2D eigenvalue weighted by Crippen LogP contribution is 2.22. The van der Waals surface area contributed by atoms with Crippen LogP contribution in [0.3, 0.4) is 0 Å². The lowest BCUT2D eigenvalue weighted by molar-refractivity contribution is 0.0718. The van der Waals surface area contributed by atoms with Gasteiger partial charge in [-0.1, -0.05) is 18.2 Å². The van der Waals surface area contributed by atoms with E-state index in [4.69, 9.17) is 0 Å². The van der Waals surface area contributed by atoms with Crippen LogP contribution in [0.15, 0.2) is 36.4 Å². The zero-order valence-electron chi connectivity index (χ0n) is 16.7. The molecule has 0 radical (unpaired) electrons. The van der Waals surface area contributed by atoms with E-state index < -0.39 is 0 Å². The number of rotatable bonds is 3. The maximum Gasteiger partial charge on any atom is 0.255 e. The van der Waals surface area contributed by atoms with E-state index in [0.29, 0.717) is 37.8 Å². The molecule has 5 nitrogen and oxygen atoms in total. The molecule has 1 aliphatic rings. The molecule has 0 spiro atoms. The van der Waals surface area contributed by atoms with Crippen molar-refractivity contribution in [2.24, 2.45) is 0 Å². The number of hydrogen-bond acceptors (Lipinski definition) is 2. The zero-order valence-corrected chi connectivity index (χ0v) is 16.7. The maximum absolute atomic E-state index is 13.1. The number of hydrogen-bond donors (Lipinski definition) is 0. The number of aryl methyl sites for hydroxylation is 1. The van der Waals surface area contributed by atoms with Gasteiger partial charge in [0.25, 0.3) is 11.8 Å². The predicted octanol–water partition coefficient (Wildman–Crippen LogP) is 3.67. The van der Waals surface area contributed by atoms with Crippen LogP contribution < -0.4 is 0 Å². The van der Waals surface area contributed by atoms with Gasteiger partial charge < -0.3 is 14.4 Å². The maximum atomic E-state index is 13.1. The molecule has 0 saturated carbocycles. The molecular formula is C22H29N3O2. The second-order valence-corrected chi connectivity index (χ2v) is 7.55. The molecule has 1 saturated heterocycles. The van der Waals surface area contributed by atoms with Crippen molar-refractivity contribution in [2.75, 3.05) is 26.2 Å². The van der Waals surface area contributed by atoms with Gasteiger partial charge in [0.15, 0.2) is 0 Å². The van der Waals surface area contributed by atoms with Crippen LogP contribution in [0.4, 0.5) is 0 Å². The molecule has 0 bridgehead atoms. The first kappa shape index (κ1) is 19.2. The van der Waals surface area contributed by atoms with Crippen molar-refractivity contribution in [3.05, 3.63) is 58.9 Å². The summed E-state index contributed by atoms with van der Waals surface area (Å²) in [6.07, 6.45) is 0.799. The molecule has 27 heavy (non-hydrogen) atoms. The fourth-order valence-electron chi connectivity index (χ4n) is 4.05. The van der Waals surface area contributed by atoms with Crippen molar-refractivity contribution in [1.82, 2.24) is 14.4 Å². The first-order valence-electron chi connectivity index (χ1n) is 9.72. The van der Waals surface area contributed by atoms with Gasteiger partial charge in [-0.3, -0.25) is 9.59 Å². The van der Waals surface area contributed by atoms with Gasteiger partial charge in [0.2, 0.25) is 0 Å². The molecule has 3 rings (SSSR count). The first-order chi connectivity index (χ1) is 12.9. The Kier molecular flexibility index (Phi) is 5.68. The summed E-state index contributed by atoms with van der Waals surface area (Å²) >= 11 is 0. The second kappa shape index (κ2) is 7.99. The third-order valence-electron chi connectivity index (χ3n) is 5.32. The van der Waals surface area contributed by atoms with Crippen molar-refractivity contribution < 1.29 is 9.59 Å². The number of carbonyl (C=O) groups excluding carboxylic acids is 2. The number of carbonyl (C=O) groups is 2. The Bertz CT molecular complexity index is 824. The van der Waals surface area contributed by atoms with Crippen molar-refractivity contribution in [1.29, 1.82) is 0 Å². The van der Waals surface area contributed by atoms with Crippen LogP contribution in [-0.2, 0) is 0 Å². The smallest absolute Gasteiger partial charge is 0.255 e. The highest BCUT2D eigenvalue weighted by molar-refractivity contribution is 5.96. The van der Waals surface area contributed by atoms with Crippen molar-refractivity contribution in [2.45, 2.75) is 40.2 Å². The van der Waals surface area contributed by atoms with Crippen LogP contribution in [0, 0.1) is 13.8 Å². The van der Waals surface area contributed by atoms with Crippen molar-refractivity contribution in [3.63, 3.8) is 0 Å². The molecule has 1 fully saturated rings. The lowest BCUT2D eigenvalue weighted by Gasteiger charge is -2.22. The van der Waals surface area contributed by atoms with E-state index in [2.05, 4.69) is 18.4 Å². The van der Waals surface area contributed by atoms with Crippen LogP contribution in [-0.4, -0.2) is 52.4 Å². The average molecular weight is 367 g/mol. The molecule has 5 heteroatoms. The third kappa shape index (κ3) is 3.92. The van der Waals surface area contributed by atoms with Crippen LogP contribution in [0.1, 0.15) is 58.4 Å². The summed E-state index contributed by atoms with van der Waals surface area (Å²) in [5.41, 5.74) is 3.62. The van der Waals surface area contributed by atoms with Crippen molar-refractivity contribution in [3.8, 4) is 0 Å². The largest absolute Gasteiger partial charge is 0.346 e. The van der Waals surface area contributed by atoms with Gasteiger partial charge in [0, 0.05) is 49.2 Å². The summed E-state index contributed by atoms with van der Waals surface area (Å²) in [4.78, 5) is 29.6. The Morgan fingerprint density at radius 2 is 1.48 bits per heavy atom. The molecule has 1 aromatic carbocycles. The molecule has 0 N–H and O–H groups in total. The Labute approximate surface area is 161 Å². The van der Waals surface area contributed by atoms with Gasteiger partial charge in [-0.2, -0.15) is 0 Å². The van der Waals surface area contributed by atoms with Gasteiger partial charge in [0.05, 0.1) is 5.56 Å². The molecule has 0 unspecified atom stereocenters. The van der Waals surface area contributed by atoms with E-state index >= 15 is 0 Å². The highest BCUT2D eigenvalue weighted by Gasteiger charge is 2.26. The summed E-state index contributed by atoms with van der Waals surface area (Å²) in [5.74, 6) is 0.117. The van der Waals surface area contributed by atoms with E-state index in [1.165, 1.54) is 0 Å². The average Bonchev–Trinajstić information content (AvgIpc) is 2.83. The van der Waals surface area contributed by atoms with Gasteiger partial charge in [-0.25, -0.2) is 0 Å². The molecule has 144 valence electrons. The van der Waals surface area contributed by atoms with Crippen LogP contribution in [0.25, 0.3) is 0 Å². The fourth-order valence-corrected chi connectivity index (χ4v) is 4.05. The van der Waals surface area contributed by atoms with E-state index in [0.717, 1.165) is 23.4 Å². The lowest BCUT2D eigenvalue weighted by atomic mass is 10.2. The molecule has 2 amide bonds. The van der Waals surface area contributed by atoms with E-state index in [-0.39, 0.29) is 11.8 Å². The Hall–Kier alpha value is -2.56. The minimum absolute atomic E-state index is 0.0443. The van der Waals surface area contributed by atoms with E-state index in [9.17, 15) is 9.59 Å². The zero-order chi connectivity index (χ0) is 19.6. The Morgan fingerprint density at radius 3 is 2.04 bits per heavy atom. The fraction of sp³-hybridized carbons (Fsp3) is 0.455. The number of nitrogens with zero attached hydrogens (tertiary/aromatic N) is 3. The van der Waals surface area contributed by atoms with Gasteiger partial charge in [-0.05, 0) is 52.3 Å². The number of aromatic nitrogens is 1. The standard InChI is InChI=1S/C22H29N3O2/c1-16(2)25-17(3)15-20(18(25)4)22(27)24-12-8-11-23(13-14-24)21(26)19-9-6-5-7-10-19/h5-7,9-10,15-16H,8,11-14H2,1-4H3. The van der Waals surface area contributed by atoms with Crippen molar-refractivity contribution >= 4 is 11.8 Å². The molecule has 2 aromatic rings. The quantitative estimate of drug-likeness (QED) is 0.831. The van der Waals surface area contributed by atoms with E-state index in [1.54, 1.807) is 0 Å². The topological polar surface area (TPSA) is 45.6 Å². The molecule has 0 aliphatic carbocycles. The van der Waals surface area contributed by atoms with E-state index in [1.807, 2.05) is 60.0 Å². The van der Waals surface area contributed by atoms with Gasteiger partial charge >= 0.3 is 0 Å². The molecule has 0 atom stereocenters. The number of benzene rings is 1.